The first-order valence-corrected chi connectivity index (χ1v) is 8.07. The van der Waals surface area contributed by atoms with Crippen LogP contribution in [0.2, 0.25) is 0 Å². The Bertz CT molecular complexity index is 298. The molecule has 0 saturated carbocycles. The number of hydrogen-bond acceptors (Lipinski definition) is 4. The topological polar surface area (TPSA) is 68.3 Å². The van der Waals surface area contributed by atoms with Crippen molar-refractivity contribution in [1.82, 2.24) is 0 Å². The Kier molecular flexibility index (Phi) is 5.58. The molecule has 13 heavy (non-hydrogen) atoms. The molecule has 0 aromatic heterocycles. The van der Waals surface area contributed by atoms with Crippen molar-refractivity contribution in [1.29, 1.82) is 0 Å². The van der Waals surface area contributed by atoms with Gasteiger partial charge in [0.1, 0.15) is 0 Å². The van der Waals surface area contributed by atoms with Crippen molar-refractivity contribution in [2.24, 2.45) is 0 Å². The summed E-state index contributed by atoms with van der Waals surface area (Å²) in [6.45, 7) is 0. The zero-order chi connectivity index (χ0) is 10.5. The van der Waals surface area contributed by atoms with Crippen molar-refractivity contribution in [3.8, 4) is 0 Å². The molecule has 0 aliphatic carbocycles. The monoisotopic (exact) mass is 268 g/mol. The molecule has 4 nitrogen and oxygen atoms in total. The Labute approximate surface area is 88.1 Å². The molecule has 0 saturated heterocycles. The fourth-order valence-electron chi connectivity index (χ4n) is 0.627. The Morgan fingerprint density at radius 2 is 1.08 bits per heavy atom. The quantitative estimate of drug-likeness (QED) is 0.648. The summed E-state index contributed by atoms with van der Waals surface area (Å²) in [5.74, 6) is -0.844. The van der Waals surface area contributed by atoms with E-state index in [4.69, 9.17) is 23.2 Å². The zero-order valence-electron chi connectivity index (χ0n) is 6.74. The molecule has 0 rings (SSSR count). The summed E-state index contributed by atoms with van der Waals surface area (Å²) >= 11 is 10.4. The van der Waals surface area contributed by atoms with Gasteiger partial charge >= 0.3 is 0 Å². The minimum atomic E-state index is -3.59. The molecular weight excluding hydrogens is 259 g/mol. The van der Waals surface area contributed by atoms with Gasteiger partial charge in [0, 0.05) is 11.8 Å². The Morgan fingerprint density at radius 1 is 0.769 bits per heavy atom. The number of halogens is 2. The van der Waals surface area contributed by atoms with Gasteiger partial charge in [-0.3, -0.25) is 0 Å². The molecule has 0 aliphatic heterocycles. The van der Waals surface area contributed by atoms with Gasteiger partial charge in [0.15, 0.2) is 24.8 Å². The van der Waals surface area contributed by atoms with E-state index >= 15 is 0 Å². The van der Waals surface area contributed by atoms with Gasteiger partial charge in [-0.05, 0) is 0 Å². The first-order valence-electron chi connectivity index (χ1n) is 3.36. The predicted molar refractivity (Wildman–Crippen MR) is 53.9 cm³/mol. The molecule has 0 radical (unpaired) electrons. The van der Waals surface area contributed by atoms with Gasteiger partial charge in [-0.15, -0.1) is 23.2 Å². The molecule has 80 valence electrons. The van der Waals surface area contributed by atoms with E-state index in [0.717, 1.165) is 0 Å². The maximum Gasteiger partial charge on any atom is 0.165 e. The van der Waals surface area contributed by atoms with Gasteiger partial charge in [-0.1, -0.05) is 0 Å². The standard InChI is InChI=1S/C5H10Cl2O4S2/c6-1-3-12(8,9)5-13(10,11)4-2-7/h1-5H2. The number of alkyl halides is 2. The SMILES string of the molecule is O=S(=O)(CCCl)CS(=O)(=O)CCCl. The molecule has 8 heteroatoms. The van der Waals surface area contributed by atoms with Crippen LogP contribution < -0.4 is 0 Å². The van der Waals surface area contributed by atoms with Crippen LogP contribution >= 0.6 is 23.2 Å². The molecule has 0 aliphatic rings. The Morgan fingerprint density at radius 3 is 1.31 bits per heavy atom. The first-order chi connectivity index (χ1) is 5.83. The van der Waals surface area contributed by atoms with E-state index < -0.39 is 24.8 Å². The van der Waals surface area contributed by atoms with Crippen LogP contribution in [-0.2, 0) is 19.7 Å². The van der Waals surface area contributed by atoms with Crippen molar-refractivity contribution in [3.63, 3.8) is 0 Å². The highest BCUT2D eigenvalue weighted by molar-refractivity contribution is 8.08. The Hall–Kier alpha value is 0.480. The molecule has 0 heterocycles. The molecule has 0 bridgehead atoms. The van der Waals surface area contributed by atoms with Crippen LogP contribution in [0.4, 0.5) is 0 Å². The summed E-state index contributed by atoms with van der Waals surface area (Å²) in [5.41, 5.74) is 0. The third-order valence-corrected chi connectivity index (χ3v) is 6.49. The van der Waals surface area contributed by atoms with E-state index in [-0.39, 0.29) is 23.3 Å². The second-order valence-corrected chi connectivity index (χ2v) is 7.88. The van der Waals surface area contributed by atoms with Gasteiger partial charge in [-0.25, -0.2) is 16.8 Å². The number of hydrogen-bond donors (Lipinski definition) is 0. The van der Waals surface area contributed by atoms with Crippen LogP contribution in [0.25, 0.3) is 0 Å². The zero-order valence-corrected chi connectivity index (χ0v) is 9.89. The molecule has 0 unspecified atom stereocenters. The lowest BCUT2D eigenvalue weighted by molar-refractivity contribution is 0.590. The predicted octanol–water partition coefficient (Wildman–Crippen LogP) is 0.251. The molecule has 0 aromatic rings. The molecule has 0 N–H and O–H groups in total. The van der Waals surface area contributed by atoms with Crippen LogP contribution in [0.1, 0.15) is 0 Å². The molecule has 0 aromatic carbocycles. The summed E-state index contributed by atoms with van der Waals surface area (Å²) in [6, 6.07) is 0. The highest BCUT2D eigenvalue weighted by atomic mass is 35.5. The van der Waals surface area contributed by atoms with Gasteiger partial charge in [-0.2, -0.15) is 0 Å². The van der Waals surface area contributed by atoms with E-state index in [9.17, 15) is 16.8 Å². The largest absolute Gasteiger partial charge is 0.228 e. The number of sulfone groups is 2. The smallest absolute Gasteiger partial charge is 0.165 e. The fraction of sp³-hybridized carbons (Fsp3) is 1.00. The maximum atomic E-state index is 11.0. The molecule has 0 spiro atoms. The van der Waals surface area contributed by atoms with E-state index in [1.54, 1.807) is 0 Å². The third kappa shape index (κ3) is 6.54. The van der Waals surface area contributed by atoms with Crippen LogP contribution in [0.15, 0.2) is 0 Å². The molecule has 0 fully saturated rings. The average molecular weight is 269 g/mol. The van der Waals surface area contributed by atoms with Crippen LogP contribution in [0, 0.1) is 0 Å². The lowest BCUT2D eigenvalue weighted by Gasteiger charge is -2.02. The minimum absolute atomic E-state index is 0.0985. The highest BCUT2D eigenvalue weighted by Crippen LogP contribution is 2.01. The minimum Gasteiger partial charge on any atom is -0.228 e. The normalized spacial score (nSPS) is 13.1. The van der Waals surface area contributed by atoms with Crippen molar-refractivity contribution in [2.75, 3.05) is 28.4 Å². The second-order valence-electron chi connectivity index (χ2n) is 2.39. The molecule has 0 amide bonds. The van der Waals surface area contributed by atoms with Gasteiger partial charge in [0.05, 0.1) is 11.5 Å². The van der Waals surface area contributed by atoms with Gasteiger partial charge in [0.25, 0.3) is 0 Å². The summed E-state index contributed by atoms with van der Waals surface area (Å²) in [7, 11) is -7.18. The van der Waals surface area contributed by atoms with Gasteiger partial charge in [0.2, 0.25) is 0 Å². The van der Waals surface area contributed by atoms with Crippen molar-refractivity contribution in [2.45, 2.75) is 0 Å². The number of rotatable bonds is 6. The van der Waals surface area contributed by atoms with E-state index in [1.807, 2.05) is 0 Å². The lowest BCUT2D eigenvalue weighted by Crippen LogP contribution is -2.22. The summed E-state index contributed by atoms with van der Waals surface area (Å²) in [5, 5.41) is -0.862. The van der Waals surface area contributed by atoms with Crippen LogP contribution in [-0.4, -0.2) is 45.2 Å². The van der Waals surface area contributed by atoms with Gasteiger partial charge < -0.3 is 0 Å². The Balaban J connectivity index is 4.44. The summed E-state index contributed by atoms with van der Waals surface area (Å²) in [6.07, 6.45) is 0. The van der Waals surface area contributed by atoms with Crippen molar-refractivity contribution >= 4 is 42.9 Å². The summed E-state index contributed by atoms with van der Waals surface area (Å²) < 4.78 is 44.1. The fourth-order valence-corrected chi connectivity index (χ4v) is 5.64. The van der Waals surface area contributed by atoms with Crippen molar-refractivity contribution in [3.05, 3.63) is 0 Å². The molecular formula is C5H10Cl2O4S2. The van der Waals surface area contributed by atoms with E-state index in [2.05, 4.69) is 0 Å². The van der Waals surface area contributed by atoms with E-state index in [0.29, 0.717) is 0 Å². The van der Waals surface area contributed by atoms with Crippen LogP contribution in [0.3, 0.4) is 0 Å². The maximum absolute atomic E-state index is 11.0. The van der Waals surface area contributed by atoms with Crippen LogP contribution in [0.5, 0.6) is 0 Å². The van der Waals surface area contributed by atoms with E-state index in [1.165, 1.54) is 0 Å². The summed E-state index contributed by atoms with van der Waals surface area (Å²) in [4.78, 5) is 0. The lowest BCUT2D eigenvalue weighted by atomic mass is 11.0. The van der Waals surface area contributed by atoms with Crippen molar-refractivity contribution < 1.29 is 16.8 Å². The first kappa shape index (κ1) is 13.5. The third-order valence-electron chi connectivity index (χ3n) is 1.14. The average Bonchev–Trinajstić information content (AvgIpc) is 1.82. The highest BCUT2D eigenvalue weighted by Gasteiger charge is 2.20. The molecule has 0 atom stereocenters. The second kappa shape index (κ2) is 5.38.